The maximum atomic E-state index is 14.3. The lowest BCUT2D eigenvalue weighted by molar-refractivity contribution is 0.585. The molecule has 3 rings (SSSR count). The first-order valence-electron chi connectivity index (χ1n) is 6.51. The quantitative estimate of drug-likeness (QED) is 0.630. The van der Waals surface area contributed by atoms with Crippen LogP contribution in [0.15, 0.2) is 30.3 Å². The Morgan fingerprint density at radius 3 is 2.57 bits per heavy atom. The molecule has 0 aliphatic rings. The van der Waals surface area contributed by atoms with Crippen LogP contribution >= 0.6 is 11.6 Å². The Bertz CT molecular complexity index is 840. The Balaban J connectivity index is 2.36. The highest BCUT2D eigenvalue weighted by atomic mass is 35.5. The summed E-state index contributed by atoms with van der Waals surface area (Å²) in [7, 11) is 0. The van der Waals surface area contributed by atoms with Crippen molar-refractivity contribution in [2.45, 2.75) is 19.7 Å². The molecule has 0 bridgehead atoms. The molecular formula is C16H13ClF2N2. The number of fused-ring (bicyclic) bond motifs is 1. The van der Waals surface area contributed by atoms with Crippen LogP contribution in [0.1, 0.15) is 17.0 Å². The van der Waals surface area contributed by atoms with Crippen molar-refractivity contribution in [3.8, 4) is 5.69 Å². The van der Waals surface area contributed by atoms with E-state index in [0.29, 0.717) is 16.9 Å². The van der Waals surface area contributed by atoms with Crippen molar-refractivity contribution >= 4 is 22.6 Å². The van der Waals surface area contributed by atoms with E-state index >= 15 is 0 Å². The number of hydrogen-bond acceptors (Lipinski definition) is 1. The number of aryl methyl sites for hydroxylation is 2. The van der Waals surface area contributed by atoms with Gasteiger partial charge in [-0.1, -0.05) is 6.07 Å². The van der Waals surface area contributed by atoms with Crippen molar-refractivity contribution in [3.05, 3.63) is 58.9 Å². The van der Waals surface area contributed by atoms with E-state index in [1.54, 1.807) is 4.57 Å². The van der Waals surface area contributed by atoms with Crippen LogP contribution < -0.4 is 0 Å². The molecule has 0 aliphatic heterocycles. The Labute approximate surface area is 126 Å². The predicted octanol–water partition coefficient (Wildman–Crippen LogP) is 4.66. The van der Waals surface area contributed by atoms with E-state index in [1.165, 1.54) is 19.1 Å². The largest absolute Gasteiger partial charge is 0.292 e. The summed E-state index contributed by atoms with van der Waals surface area (Å²) in [5, 5.41) is 0. The maximum Gasteiger partial charge on any atom is 0.147 e. The van der Waals surface area contributed by atoms with Crippen LogP contribution in [-0.2, 0) is 5.88 Å². The zero-order chi connectivity index (χ0) is 15.1. The molecule has 1 aromatic heterocycles. The van der Waals surface area contributed by atoms with Crippen molar-refractivity contribution in [3.63, 3.8) is 0 Å². The van der Waals surface area contributed by atoms with Gasteiger partial charge in [0.25, 0.3) is 0 Å². The molecule has 3 aromatic rings. The maximum absolute atomic E-state index is 14.3. The van der Waals surface area contributed by atoms with Crippen LogP contribution in [0.2, 0.25) is 0 Å². The molecule has 0 aliphatic carbocycles. The van der Waals surface area contributed by atoms with E-state index in [4.69, 9.17) is 11.6 Å². The number of benzene rings is 2. The molecule has 0 fully saturated rings. The highest BCUT2D eigenvalue weighted by Crippen LogP contribution is 2.26. The van der Waals surface area contributed by atoms with Crippen molar-refractivity contribution < 1.29 is 8.78 Å². The lowest BCUT2D eigenvalue weighted by Gasteiger charge is -2.10. The third-order valence-electron chi connectivity index (χ3n) is 3.47. The summed E-state index contributed by atoms with van der Waals surface area (Å²) in [5.41, 5.74) is 2.86. The summed E-state index contributed by atoms with van der Waals surface area (Å²) in [4.78, 5) is 4.40. The fourth-order valence-corrected chi connectivity index (χ4v) is 2.59. The SMILES string of the molecule is Cc1ccc2c(c1)nc(CCl)n2-c1cc(F)c(C)cc1F. The standard InChI is InChI=1S/C16H13ClF2N2/c1-9-3-4-14-13(5-9)20-16(8-17)21(14)15-7-11(18)10(2)6-12(15)19/h3-7H,8H2,1-2H3. The normalized spacial score (nSPS) is 11.3. The molecule has 5 heteroatoms. The average molecular weight is 307 g/mol. The molecule has 0 saturated heterocycles. The van der Waals surface area contributed by atoms with E-state index in [0.717, 1.165) is 5.56 Å². The monoisotopic (exact) mass is 306 g/mol. The molecule has 0 radical (unpaired) electrons. The smallest absolute Gasteiger partial charge is 0.147 e. The van der Waals surface area contributed by atoms with Gasteiger partial charge >= 0.3 is 0 Å². The molecule has 0 amide bonds. The van der Waals surface area contributed by atoms with Crippen LogP contribution in [0.3, 0.4) is 0 Å². The first-order chi connectivity index (χ1) is 10.0. The number of halogens is 3. The minimum Gasteiger partial charge on any atom is -0.292 e. The van der Waals surface area contributed by atoms with Crippen LogP contribution in [-0.4, -0.2) is 9.55 Å². The minimum atomic E-state index is -0.500. The van der Waals surface area contributed by atoms with Gasteiger partial charge in [0.2, 0.25) is 0 Å². The molecule has 2 aromatic carbocycles. The van der Waals surface area contributed by atoms with Gasteiger partial charge in [0.1, 0.15) is 17.5 Å². The van der Waals surface area contributed by atoms with Gasteiger partial charge in [0.15, 0.2) is 0 Å². The summed E-state index contributed by atoms with van der Waals surface area (Å²) < 4.78 is 29.6. The van der Waals surface area contributed by atoms with Gasteiger partial charge in [0, 0.05) is 6.07 Å². The Hall–Kier alpha value is -1.94. The van der Waals surface area contributed by atoms with Crippen molar-refractivity contribution in [2.24, 2.45) is 0 Å². The fourth-order valence-electron chi connectivity index (χ4n) is 2.41. The molecule has 0 atom stereocenters. The number of imidazole rings is 1. The second-order valence-corrected chi connectivity index (χ2v) is 5.31. The second kappa shape index (κ2) is 5.11. The van der Waals surface area contributed by atoms with Crippen LogP contribution in [0.25, 0.3) is 16.7 Å². The second-order valence-electron chi connectivity index (χ2n) is 5.04. The van der Waals surface area contributed by atoms with Gasteiger partial charge in [0.05, 0.1) is 22.6 Å². The van der Waals surface area contributed by atoms with Gasteiger partial charge in [-0.25, -0.2) is 13.8 Å². The van der Waals surface area contributed by atoms with E-state index in [9.17, 15) is 8.78 Å². The van der Waals surface area contributed by atoms with Crippen LogP contribution in [0.5, 0.6) is 0 Å². The van der Waals surface area contributed by atoms with Crippen molar-refractivity contribution in [1.29, 1.82) is 0 Å². The molecule has 108 valence electrons. The van der Waals surface area contributed by atoms with Gasteiger partial charge in [-0.2, -0.15) is 0 Å². The first kappa shape index (κ1) is 14.0. The Kier molecular flexibility index (Phi) is 3.41. The fraction of sp³-hybridized carbons (Fsp3) is 0.188. The molecule has 2 nitrogen and oxygen atoms in total. The first-order valence-corrected chi connectivity index (χ1v) is 7.04. The number of rotatable bonds is 2. The van der Waals surface area contributed by atoms with Gasteiger partial charge < -0.3 is 0 Å². The molecule has 21 heavy (non-hydrogen) atoms. The van der Waals surface area contributed by atoms with E-state index < -0.39 is 11.6 Å². The van der Waals surface area contributed by atoms with Crippen LogP contribution in [0.4, 0.5) is 8.78 Å². The molecule has 0 spiro atoms. The number of alkyl halides is 1. The summed E-state index contributed by atoms with van der Waals surface area (Å²) >= 11 is 5.92. The molecule has 0 saturated carbocycles. The zero-order valence-corrected chi connectivity index (χ0v) is 12.4. The van der Waals surface area contributed by atoms with E-state index in [1.807, 2.05) is 25.1 Å². The van der Waals surface area contributed by atoms with Gasteiger partial charge in [-0.05, 0) is 43.2 Å². The number of nitrogens with zero attached hydrogens (tertiary/aromatic N) is 2. The summed E-state index contributed by atoms with van der Waals surface area (Å²) in [6, 6.07) is 8.00. The van der Waals surface area contributed by atoms with E-state index in [-0.39, 0.29) is 17.1 Å². The molecular weight excluding hydrogens is 294 g/mol. The predicted molar refractivity (Wildman–Crippen MR) is 80.0 cm³/mol. The highest BCUT2D eigenvalue weighted by Gasteiger charge is 2.16. The molecule has 0 N–H and O–H groups in total. The van der Waals surface area contributed by atoms with E-state index in [2.05, 4.69) is 4.98 Å². The van der Waals surface area contributed by atoms with Crippen molar-refractivity contribution in [1.82, 2.24) is 9.55 Å². The Morgan fingerprint density at radius 1 is 1.10 bits per heavy atom. The molecule has 1 heterocycles. The number of aromatic nitrogens is 2. The van der Waals surface area contributed by atoms with Gasteiger partial charge in [-0.15, -0.1) is 11.6 Å². The topological polar surface area (TPSA) is 17.8 Å². The highest BCUT2D eigenvalue weighted by molar-refractivity contribution is 6.17. The average Bonchev–Trinajstić information content (AvgIpc) is 2.80. The zero-order valence-electron chi connectivity index (χ0n) is 11.6. The molecule has 0 unspecified atom stereocenters. The lowest BCUT2D eigenvalue weighted by Crippen LogP contribution is -2.03. The summed E-state index contributed by atoms with van der Waals surface area (Å²) in [5.74, 6) is -0.358. The third kappa shape index (κ3) is 2.29. The van der Waals surface area contributed by atoms with Crippen molar-refractivity contribution in [2.75, 3.05) is 0 Å². The van der Waals surface area contributed by atoms with Crippen LogP contribution in [0, 0.1) is 25.5 Å². The summed E-state index contributed by atoms with van der Waals surface area (Å²) in [6.07, 6.45) is 0. The minimum absolute atomic E-state index is 0.114. The number of hydrogen-bond donors (Lipinski definition) is 0. The van der Waals surface area contributed by atoms with Gasteiger partial charge in [-0.3, -0.25) is 4.57 Å². The lowest BCUT2D eigenvalue weighted by atomic mass is 10.2. The Morgan fingerprint density at radius 2 is 1.86 bits per heavy atom. The third-order valence-corrected chi connectivity index (χ3v) is 3.71. The summed E-state index contributed by atoms with van der Waals surface area (Å²) in [6.45, 7) is 3.48.